The summed E-state index contributed by atoms with van der Waals surface area (Å²) >= 11 is 0. The van der Waals surface area contributed by atoms with Gasteiger partial charge in [-0.25, -0.2) is 4.98 Å². The summed E-state index contributed by atoms with van der Waals surface area (Å²) in [6.07, 6.45) is 5.00. The third-order valence-electron chi connectivity index (χ3n) is 3.18. The molecular formula is C13H16N2. The van der Waals surface area contributed by atoms with Crippen molar-refractivity contribution in [3.05, 3.63) is 29.6 Å². The monoisotopic (exact) mass is 200 g/mol. The number of H-pyrrole nitrogens is 1. The number of aromatic amines is 1. The first-order valence-corrected chi connectivity index (χ1v) is 5.82. The molecule has 1 aromatic carbocycles. The number of imidazole rings is 1. The number of benzene rings is 1. The Labute approximate surface area is 89.7 Å². The summed E-state index contributed by atoms with van der Waals surface area (Å²) in [5, 5.41) is 0. The van der Waals surface area contributed by atoms with Crippen LogP contribution < -0.4 is 0 Å². The average Bonchev–Trinajstić information content (AvgIpc) is 2.96. The summed E-state index contributed by atoms with van der Waals surface area (Å²) in [6, 6.07) is 6.52. The number of hydrogen-bond donors (Lipinski definition) is 1. The van der Waals surface area contributed by atoms with E-state index < -0.39 is 0 Å². The minimum absolute atomic E-state index is 0.899. The quantitative estimate of drug-likeness (QED) is 0.810. The smallest absolute Gasteiger partial charge is 0.107 e. The molecule has 2 heteroatoms. The summed E-state index contributed by atoms with van der Waals surface area (Å²) in [6.45, 7) is 2.18. The Morgan fingerprint density at radius 3 is 3.00 bits per heavy atom. The maximum atomic E-state index is 4.61. The van der Waals surface area contributed by atoms with E-state index in [-0.39, 0.29) is 0 Å². The molecule has 0 amide bonds. The molecule has 0 atom stereocenters. The molecule has 1 aliphatic rings. The third kappa shape index (κ3) is 1.76. The van der Waals surface area contributed by atoms with Crippen molar-refractivity contribution in [1.82, 2.24) is 9.97 Å². The van der Waals surface area contributed by atoms with Crippen molar-refractivity contribution in [3.63, 3.8) is 0 Å². The molecule has 0 unspecified atom stereocenters. The second-order valence-electron chi connectivity index (χ2n) is 4.54. The van der Waals surface area contributed by atoms with E-state index in [2.05, 4.69) is 35.1 Å². The minimum atomic E-state index is 0.899. The van der Waals surface area contributed by atoms with Crippen LogP contribution in [0.5, 0.6) is 0 Å². The Bertz CT molecular complexity index is 480. The zero-order valence-corrected chi connectivity index (χ0v) is 9.09. The van der Waals surface area contributed by atoms with Crippen molar-refractivity contribution in [3.8, 4) is 0 Å². The van der Waals surface area contributed by atoms with Gasteiger partial charge in [-0.2, -0.15) is 0 Å². The first-order valence-electron chi connectivity index (χ1n) is 5.82. The third-order valence-corrected chi connectivity index (χ3v) is 3.18. The molecule has 1 N–H and O–H groups in total. The number of nitrogens with zero attached hydrogens (tertiary/aromatic N) is 1. The fraction of sp³-hybridized carbons (Fsp3) is 0.462. The maximum absolute atomic E-state index is 4.61. The minimum Gasteiger partial charge on any atom is -0.342 e. The van der Waals surface area contributed by atoms with E-state index in [1.165, 1.54) is 29.7 Å². The van der Waals surface area contributed by atoms with E-state index in [0.717, 1.165) is 24.3 Å². The Balaban J connectivity index is 1.97. The molecule has 2 nitrogen and oxygen atoms in total. The molecule has 1 heterocycles. The highest BCUT2D eigenvalue weighted by molar-refractivity contribution is 5.75. The first-order chi connectivity index (χ1) is 7.35. The van der Waals surface area contributed by atoms with Crippen LogP contribution in [0.4, 0.5) is 0 Å². The lowest BCUT2D eigenvalue weighted by Crippen LogP contribution is -1.88. The standard InChI is InChI=1S/C13H16N2/c1-2-9-5-6-11-12(7-9)15-13(14-11)8-10-3-4-10/h5-7,10H,2-4,8H2,1H3,(H,14,15). The van der Waals surface area contributed by atoms with Crippen LogP contribution in [-0.4, -0.2) is 9.97 Å². The van der Waals surface area contributed by atoms with Crippen LogP contribution >= 0.6 is 0 Å². The van der Waals surface area contributed by atoms with Crippen molar-refractivity contribution in [2.75, 3.05) is 0 Å². The molecule has 15 heavy (non-hydrogen) atoms. The molecule has 0 radical (unpaired) electrons. The fourth-order valence-electron chi connectivity index (χ4n) is 2.02. The van der Waals surface area contributed by atoms with Gasteiger partial charge in [-0.1, -0.05) is 13.0 Å². The van der Waals surface area contributed by atoms with Gasteiger partial charge in [-0.05, 0) is 42.9 Å². The van der Waals surface area contributed by atoms with Gasteiger partial charge in [0.2, 0.25) is 0 Å². The van der Waals surface area contributed by atoms with Crippen molar-refractivity contribution in [2.24, 2.45) is 5.92 Å². The molecule has 78 valence electrons. The molecule has 1 fully saturated rings. The summed E-state index contributed by atoms with van der Waals surface area (Å²) in [4.78, 5) is 8.04. The molecule has 0 spiro atoms. The Kier molecular flexibility index (Phi) is 2.01. The van der Waals surface area contributed by atoms with Gasteiger partial charge in [-0.15, -0.1) is 0 Å². The van der Waals surface area contributed by atoms with Gasteiger partial charge < -0.3 is 4.98 Å². The number of hydrogen-bond acceptors (Lipinski definition) is 1. The predicted octanol–water partition coefficient (Wildman–Crippen LogP) is 3.08. The number of aromatic nitrogens is 2. The lowest BCUT2D eigenvalue weighted by Gasteiger charge is -1.94. The highest BCUT2D eigenvalue weighted by Gasteiger charge is 2.22. The van der Waals surface area contributed by atoms with E-state index in [1.54, 1.807) is 0 Å². The predicted molar refractivity (Wildman–Crippen MR) is 61.9 cm³/mol. The lowest BCUT2D eigenvalue weighted by molar-refractivity contribution is 0.787. The van der Waals surface area contributed by atoms with E-state index in [4.69, 9.17) is 0 Å². The van der Waals surface area contributed by atoms with Gasteiger partial charge in [0.1, 0.15) is 5.82 Å². The normalized spacial score (nSPS) is 16.1. The van der Waals surface area contributed by atoms with Crippen LogP contribution in [0.1, 0.15) is 31.2 Å². The molecule has 0 aliphatic heterocycles. The van der Waals surface area contributed by atoms with Gasteiger partial charge in [0.25, 0.3) is 0 Å². The summed E-state index contributed by atoms with van der Waals surface area (Å²) in [7, 11) is 0. The van der Waals surface area contributed by atoms with Crippen molar-refractivity contribution < 1.29 is 0 Å². The van der Waals surface area contributed by atoms with Crippen molar-refractivity contribution >= 4 is 11.0 Å². The van der Waals surface area contributed by atoms with Gasteiger partial charge in [0, 0.05) is 6.42 Å². The van der Waals surface area contributed by atoms with Gasteiger partial charge in [0.05, 0.1) is 11.0 Å². The maximum Gasteiger partial charge on any atom is 0.107 e. The van der Waals surface area contributed by atoms with Gasteiger partial charge in [0.15, 0.2) is 0 Å². The van der Waals surface area contributed by atoms with Crippen LogP contribution in [-0.2, 0) is 12.8 Å². The van der Waals surface area contributed by atoms with Crippen LogP contribution in [0.15, 0.2) is 18.2 Å². The highest BCUT2D eigenvalue weighted by Crippen LogP contribution is 2.32. The second-order valence-corrected chi connectivity index (χ2v) is 4.54. The zero-order chi connectivity index (χ0) is 10.3. The van der Waals surface area contributed by atoms with E-state index >= 15 is 0 Å². The lowest BCUT2D eigenvalue weighted by atomic mass is 10.1. The number of aryl methyl sites for hydroxylation is 1. The van der Waals surface area contributed by atoms with Crippen molar-refractivity contribution in [1.29, 1.82) is 0 Å². The summed E-state index contributed by atoms with van der Waals surface area (Å²) < 4.78 is 0. The topological polar surface area (TPSA) is 28.7 Å². The molecule has 1 aromatic heterocycles. The van der Waals surface area contributed by atoms with E-state index in [9.17, 15) is 0 Å². The first kappa shape index (κ1) is 8.96. The zero-order valence-electron chi connectivity index (χ0n) is 9.09. The van der Waals surface area contributed by atoms with E-state index in [1.807, 2.05) is 0 Å². The van der Waals surface area contributed by atoms with Crippen LogP contribution in [0.25, 0.3) is 11.0 Å². The largest absolute Gasteiger partial charge is 0.342 e. The molecule has 0 bridgehead atoms. The summed E-state index contributed by atoms with van der Waals surface area (Å²) in [5.74, 6) is 2.07. The van der Waals surface area contributed by atoms with Crippen molar-refractivity contribution in [2.45, 2.75) is 32.6 Å². The molecule has 1 aliphatic carbocycles. The van der Waals surface area contributed by atoms with Crippen LogP contribution in [0.2, 0.25) is 0 Å². The average molecular weight is 200 g/mol. The highest BCUT2D eigenvalue weighted by atomic mass is 14.9. The van der Waals surface area contributed by atoms with Gasteiger partial charge >= 0.3 is 0 Å². The second kappa shape index (κ2) is 3.37. The SMILES string of the molecule is CCc1ccc2nc(CC3CC3)[nH]c2c1. The summed E-state index contributed by atoms with van der Waals surface area (Å²) in [5.41, 5.74) is 3.69. The fourth-order valence-corrected chi connectivity index (χ4v) is 2.02. The molecule has 0 saturated heterocycles. The Morgan fingerprint density at radius 1 is 1.40 bits per heavy atom. The van der Waals surface area contributed by atoms with E-state index in [0.29, 0.717) is 0 Å². The molecule has 2 aromatic rings. The van der Waals surface area contributed by atoms with Crippen LogP contribution in [0.3, 0.4) is 0 Å². The molecule has 1 saturated carbocycles. The Hall–Kier alpha value is -1.31. The molecule has 3 rings (SSSR count). The van der Waals surface area contributed by atoms with Crippen LogP contribution in [0, 0.1) is 5.92 Å². The molecular weight excluding hydrogens is 184 g/mol. The Morgan fingerprint density at radius 2 is 2.27 bits per heavy atom. The number of nitrogens with one attached hydrogen (secondary N) is 1. The number of rotatable bonds is 3. The number of fused-ring (bicyclic) bond motifs is 1. The van der Waals surface area contributed by atoms with Gasteiger partial charge in [-0.3, -0.25) is 0 Å².